The van der Waals surface area contributed by atoms with Gasteiger partial charge in [-0.15, -0.1) is 0 Å². The van der Waals surface area contributed by atoms with Gasteiger partial charge in [-0.3, -0.25) is 4.98 Å². The summed E-state index contributed by atoms with van der Waals surface area (Å²) >= 11 is 3.40. The van der Waals surface area contributed by atoms with Crippen LogP contribution < -0.4 is 5.59 Å². The van der Waals surface area contributed by atoms with Gasteiger partial charge in [-0.2, -0.15) is 0 Å². The number of pyridine rings is 1. The van der Waals surface area contributed by atoms with Crippen molar-refractivity contribution in [1.29, 1.82) is 0 Å². The van der Waals surface area contributed by atoms with Crippen LogP contribution in [0.1, 0.15) is 0 Å². The maximum absolute atomic E-state index is 5.94. The van der Waals surface area contributed by atoms with Crippen LogP contribution in [0, 0.1) is 0 Å². The third-order valence-corrected chi connectivity index (χ3v) is 4.26. The molecule has 2 saturated heterocycles. The highest BCUT2D eigenvalue weighted by atomic mass is 79.9. The zero-order valence-electron chi connectivity index (χ0n) is 9.23. The van der Waals surface area contributed by atoms with Gasteiger partial charge in [0.05, 0.1) is 26.3 Å². The fourth-order valence-electron chi connectivity index (χ4n) is 2.82. The van der Waals surface area contributed by atoms with Gasteiger partial charge in [-0.05, 0) is 22.0 Å². The zero-order chi connectivity index (χ0) is 11.2. The SMILES string of the molecule is C[N+]12CCO[B-]1(c1cccc(Br)n1)OCC2. The highest BCUT2D eigenvalue weighted by Crippen LogP contribution is 2.31. The Kier molecular flexibility index (Phi) is 2.36. The van der Waals surface area contributed by atoms with E-state index < -0.39 is 6.69 Å². The first-order valence-corrected chi connectivity index (χ1v) is 6.35. The van der Waals surface area contributed by atoms with Crippen molar-refractivity contribution in [1.82, 2.24) is 4.98 Å². The molecule has 0 aromatic carbocycles. The second-order valence-electron chi connectivity index (χ2n) is 4.73. The molecule has 0 atom stereocenters. The molecule has 2 fully saturated rings. The molecule has 0 amide bonds. The highest BCUT2D eigenvalue weighted by molar-refractivity contribution is 9.10. The molecule has 1 aromatic heterocycles. The minimum absolute atomic E-state index is 0.755. The van der Waals surface area contributed by atoms with Gasteiger partial charge in [-0.25, -0.2) is 0 Å². The molecule has 1 aromatic rings. The fraction of sp³-hybridized carbons (Fsp3) is 0.500. The zero-order valence-corrected chi connectivity index (χ0v) is 10.8. The molecule has 0 N–H and O–H groups in total. The molecule has 2 aliphatic heterocycles. The Hall–Kier alpha value is -0.425. The van der Waals surface area contributed by atoms with Crippen LogP contribution in [0.4, 0.5) is 0 Å². The van der Waals surface area contributed by atoms with Crippen LogP contribution in [-0.2, 0) is 9.31 Å². The van der Waals surface area contributed by atoms with Gasteiger partial charge in [0, 0.05) is 12.6 Å². The third-order valence-electron chi connectivity index (χ3n) is 3.82. The Bertz CT molecular complexity index is 419. The van der Waals surface area contributed by atoms with Crippen LogP contribution in [0.25, 0.3) is 0 Å². The van der Waals surface area contributed by atoms with Gasteiger partial charge in [0.15, 0.2) is 0 Å². The molecule has 16 heavy (non-hydrogen) atoms. The Labute approximate surface area is 103 Å². The molecule has 0 unspecified atom stereocenters. The van der Waals surface area contributed by atoms with E-state index in [4.69, 9.17) is 9.31 Å². The Morgan fingerprint density at radius 1 is 1.31 bits per heavy atom. The molecule has 3 heterocycles. The average molecular weight is 285 g/mol. The lowest BCUT2D eigenvalue weighted by Gasteiger charge is -2.42. The molecule has 2 aliphatic rings. The molecule has 4 nitrogen and oxygen atoms in total. The number of hydrogen-bond acceptors (Lipinski definition) is 3. The molecule has 0 aliphatic carbocycles. The Balaban J connectivity index is 2.10. The minimum Gasteiger partial charge on any atom is -0.504 e. The molecule has 0 spiro atoms. The molecule has 0 bridgehead atoms. The van der Waals surface area contributed by atoms with Crippen molar-refractivity contribution < 1.29 is 13.7 Å². The van der Waals surface area contributed by atoms with Crippen molar-refractivity contribution in [3.05, 3.63) is 22.8 Å². The van der Waals surface area contributed by atoms with Gasteiger partial charge in [-0.1, -0.05) is 12.1 Å². The summed E-state index contributed by atoms with van der Waals surface area (Å²) in [5, 5.41) is 0. The van der Waals surface area contributed by atoms with Gasteiger partial charge in [0.25, 0.3) is 0 Å². The largest absolute Gasteiger partial charge is 0.520 e. The normalized spacial score (nSPS) is 37.6. The van der Waals surface area contributed by atoms with E-state index in [9.17, 15) is 0 Å². The molecule has 0 radical (unpaired) electrons. The molecule has 86 valence electrons. The number of likely N-dealkylation sites (N-methyl/N-ethyl adjacent to an activating group) is 1. The first-order valence-electron chi connectivity index (χ1n) is 5.56. The lowest BCUT2D eigenvalue weighted by molar-refractivity contribution is -0.798. The Morgan fingerprint density at radius 2 is 2.00 bits per heavy atom. The summed E-state index contributed by atoms with van der Waals surface area (Å²) in [5.41, 5.74) is 0.923. The second-order valence-corrected chi connectivity index (χ2v) is 5.54. The number of rotatable bonds is 1. The number of quaternary nitrogens is 1. The van der Waals surface area contributed by atoms with Crippen molar-refractivity contribution in [2.24, 2.45) is 0 Å². The van der Waals surface area contributed by atoms with Gasteiger partial charge < -0.3 is 13.7 Å². The van der Waals surface area contributed by atoms with Crippen molar-refractivity contribution in [3.63, 3.8) is 0 Å². The first kappa shape index (κ1) is 10.7. The summed E-state index contributed by atoms with van der Waals surface area (Å²) in [6, 6.07) is 5.90. The summed E-state index contributed by atoms with van der Waals surface area (Å²) in [4.78, 5) is 4.51. The van der Waals surface area contributed by atoms with Crippen molar-refractivity contribution in [2.45, 2.75) is 0 Å². The number of halogens is 1. The van der Waals surface area contributed by atoms with E-state index in [1.54, 1.807) is 0 Å². The van der Waals surface area contributed by atoms with E-state index in [0.717, 1.165) is 40.9 Å². The van der Waals surface area contributed by atoms with E-state index >= 15 is 0 Å². The van der Waals surface area contributed by atoms with Gasteiger partial charge >= 0.3 is 6.69 Å². The maximum Gasteiger partial charge on any atom is 0.520 e. The lowest BCUT2D eigenvalue weighted by atomic mass is 9.64. The molecular formula is C10H14BBrN2O2. The van der Waals surface area contributed by atoms with Crippen LogP contribution in [0.15, 0.2) is 22.8 Å². The summed E-state index contributed by atoms with van der Waals surface area (Å²) < 4.78 is 13.5. The van der Waals surface area contributed by atoms with Crippen LogP contribution in [0.3, 0.4) is 0 Å². The molecule has 0 saturated carbocycles. The minimum atomic E-state index is -1.42. The summed E-state index contributed by atoms with van der Waals surface area (Å²) in [7, 11) is 2.20. The van der Waals surface area contributed by atoms with Crippen LogP contribution >= 0.6 is 15.9 Å². The average Bonchev–Trinajstić information content (AvgIpc) is 2.71. The van der Waals surface area contributed by atoms with Crippen molar-refractivity contribution in [2.75, 3.05) is 33.4 Å². The topological polar surface area (TPSA) is 31.4 Å². The lowest BCUT2D eigenvalue weighted by Crippen LogP contribution is -2.68. The number of hydrogen-bond donors (Lipinski definition) is 0. The molecular weight excluding hydrogens is 271 g/mol. The summed E-state index contributed by atoms with van der Waals surface area (Å²) in [6.45, 7) is 2.10. The van der Waals surface area contributed by atoms with Gasteiger partial charge in [0.2, 0.25) is 0 Å². The summed E-state index contributed by atoms with van der Waals surface area (Å²) in [5.74, 6) is 0. The first-order chi connectivity index (χ1) is 7.66. The third kappa shape index (κ3) is 1.30. The van der Waals surface area contributed by atoms with E-state index in [2.05, 4.69) is 28.0 Å². The van der Waals surface area contributed by atoms with E-state index in [-0.39, 0.29) is 0 Å². The quantitative estimate of drug-likeness (QED) is 0.556. The summed E-state index contributed by atoms with van der Waals surface area (Å²) in [6.07, 6.45) is 0. The maximum atomic E-state index is 5.94. The van der Waals surface area contributed by atoms with E-state index in [1.165, 1.54) is 0 Å². The predicted octanol–water partition coefficient (Wildman–Crippen LogP) is 0.497. The smallest absolute Gasteiger partial charge is 0.504 e. The molecule has 6 heteroatoms. The predicted molar refractivity (Wildman–Crippen MR) is 65.1 cm³/mol. The number of nitrogens with zero attached hydrogens (tertiary/aromatic N) is 2. The monoisotopic (exact) mass is 284 g/mol. The van der Waals surface area contributed by atoms with E-state index in [0.29, 0.717) is 0 Å². The fourth-order valence-corrected chi connectivity index (χ4v) is 3.18. The number of aromatic nitrogens is 1. The molecule has 3 rings (SSSR count). The van der Waals surface area contributed by atoms with Crippen molar-refractivity contribution in [3.8, 4) is 0 Å². The van der Waals surface area contributed by atoms with E-state index in [1.807, 2.05) is 18.2 Å². The van der Waals surface area contributed by atoms with Crippen LogP contribution in [0.5, 0.6) is 0 Å². The highest BCUT2D eigenvalue weighted by Gasteiger charge is 2.58. The Morgan fingerprint density at radius 3 is 2.62 bits per heavy atom. The van der Waals surface area contributed by atoms with Crippen molar-refractivity contribution >= 4 is 28.2 Å². The number of fused-ring (bicyclic) bond motifs is 1. The standard InChI is InChI=1S/C10H14BBrN2O2/c1-14-5-7-15-11(14,16-8-6-14)9-3-2-4-10(12)13-9/h2-4H,5-8H2,1H3. The van der Waals surface area contributed by atoms with Crippen LogP contribution in [-0.4, -0.2) is 49.4 Å². The second kappa shape index (κ2) is 3.53. The van der Waals surface area contributed by atoms with Gasteiger partial charge in [0.1, 0.15) is 4.60 Å². The van der Waals surface area contributed by atoms with Crippen LogP contribution in [0.2, 0.25) is 0 Å².